The number of hydrogen-bond donors (Lipinski definition) is 2. The zero-order valence-corrected chi connectivity index (χ0v) is 14.8. The van der Waals surface area contributed by atoms with E-state index in [4.69, 9.17) is 0 Å². The van der Waals surface area contributed by atoms with E-state index < -0.39 is 0 Å². The summed E-state index contributed by atoms with van der Waals surface area (Å²) in [7, 11) is 7.73. The average molecular weight is 314 g/mol. The van der Waals surface area contributed by atoms with Crippen LogP contribution in [0.2, 0.25) is 0 Å². The molecule has 0 aromatic rings. The van der Waals surface area contributed by atoms with E-state index in [-0.39, 0.29) is 11.8 Å². The minimum Gasteiger partial charge on any atom is -0.343 e. The van der Waals surface area contributed by atoms with Crippen LogP contribution in [0.3, 0.4) is 0 Å². The maximum atomic E-state index is 11.5. The van der Waals surface area contributed by atoms with Crippen LogP contribution < -0.4 is 10.6 Å². The molecule has 0 atom stereocenters. The van der Waals surface area contributed by atoms with E-state index in [2.05, 4.69) is 10.6 Å². The largest absolute Gasteiger partial charge is 0.343 e. The van der Waals surface area contributed by atoms with Crippen molar-refractivity contribution in [1.29, 1.82) is 0 Å². The van der Waals surface area contributed by atoms with Gasteiger partial charge in [0, 0.05) is 12.8 Å². The molecule has 6 heteroatoms. The number of rotatable bonds is 13. The van der Waals surface area contributed by atoms with Crippen LogP contribution in [0.4, 0.5) is 0 Å². The van der Waals surface area contributed by atoms with Gasteiger partial charge in [-0.1, -0.05) is 25.7 Å². The van der Waals surface area contributed by atoms with E-state index in [0.29, 0.717) is 26.2 Å². The summed E-state index contributed by atoms with van der Waals surface area (Å²) >= 11 is 0. The third kappa shape index (κ3) is 15.3. The lowest BCUT2D eigenvalue weighted by Gasteiger charge is -2.11. The summed E-state index contributed by atoms with van der Waals surface area (Å²) in [6, 6.07) is 0. The van der Waals surface area contributed by atoms with Crippen molar-refractivity contribution in [3.05, 3.63) is 0 Å². The predicted octanol–water partition coefficient (Wildman–Crippen LogP) is 1.38. The van der Waals surface area contributed by atoms with Crippen molar-refractivity contribution >= 4 is 11.8 Å². The third-order valence-corrected chi connectivity index (χ3v) is 3.24. The SMILES string of the molecule is CN(C)CNC(=O)CCCCCCCCC(=O)NCN(C)C. The van der Waals surface area contributed by atoms with Gasteiger partial charge < -0.3 is 10.6 Å². The van der Waals surface area contributed by atoms with E-state index >= 15 is 0 Å². The molecule has 0 saturated heterocycles. The fourth-order valence-corrected chi connectivity index (χ4v) is 1.95. The third-order valence-electron chi connectivity index (χ3n) is 3.24. The van der Waals surface area contributed by atoms with Crippen LogP contribution in [-0.2, 0) is 9.59 Å². The summed E-state index contributed by atoms with van der Waals surface area (Å²) in [5.41, 5.74) is 0. The monoisotopic (exact) mass is 314 g/mol. The second-order valence-corrected chi connectivity index (χ2v) is 6.30. The van der Waals surface area contributed by atoms with Gasteiger partial charge in [0.1, 0.15) is 0 Å². The van der Waals surface area contributed by atoms with Crippen molar-refractivity contribution in [2.24, 2.45) is 0 Å². The molecule has 0 spiro atoms. The fraction of sp³-hybridized carbons (Fsp3) is 0.875. The van der Waals surface area contributed by atoms with Crippen molar-refractivity contribution < 1.29 is 9.59 Å². The lowest BCUT2D eigenvalue weighted by molar-refractivity contribution is -0.122. The highest BCUT2D eigenvalue weighted by Crippen LogP contribution is 2.08. The van der Waals surface area contributed by atoms with Gasteiger partial charge in [0.2, 0.25) is 11.8 Å². The van der Waals surface area contributed by atoms with Crippen molar-refractivity contribution in [1.82, 2.24) is 20.4 Å². The highest BCUT2D eigenvalue weighted by Gasteiger charge is 2.02. The molecular formula is C16H34N4O2. The van der Waals surface area contributed by atoms with Gasteiger partial charge in [0.25, 0.3) is 0 Å². The van der Waals surface area contributed by atoms with Crippen molar-refractivity contribution in [3.8, 4) is 0 Å². The zero-order chi connectivity index (χ0) is 16.8. The summed E-state index contributed by atoms with van der Waals surface area (Å²) in [6.45, 7) is 1.21. The summed E-state index contributed by atoms with van der Waals surface area (Å²) in [4.78, 5) is 26.8. The van der Waals surface area contributed by atoms with Crippen LogP contribution in [-0.4, -0.2) is 63.1 Å². The Labute approximate surface area is 135 Å². The summed E-state index contributed by atoms with van der Waals surface area (Å²) in [5, 5.41) is 5.73. The maximum Gasteiger partial charge on any atom is 0.220 e. The van der Waals surface area contributed by atoms with Gasteiger partial charge in [0.05, 0.1) is 13.3 Å². The van der Waals surface area contributed by atoms with Crippen LogP contribution >= 0.6 is 0 Å². The molecule has 22 heavy (non-hydrogen) atoms. The number of amides is 2. The number of nitrogens with zero attached hydrogens (tertiary/aromatic N) is 2. The number of nitrogens with one attached hydrogen (secondary N) is 2. The first-order valence-corrected chi connectivity index (χ1v) is 8.24. The van der Waals surface area contributed by atoms with Crippen molar-refractivity contribution in [2.45, 2.75) is 51.4 Å². The van der Waals surface area contributed by atoms with Crippen LogP contribution in [0.5, 0.6) is 0 Å². The van der Waals surface area contributed by atoms with Crippen molar-refractivity contribution in [2.75, 3.05) is 41.5 Å². The standard InChI is InChI=1S/C16H34N4O2/c1-19(2)13-17-15(21)11-9-7-5-6-8-10-12-16(22)18-14-20(3)4/h5-14H2,1-4H3,(H,17,21)(H,18,22). The second-order valence-electron chi connectivity index (χ2n) is 6.30. The smallest absolute Gasteiger partial charge is 0.220 e. The number of hydrogen-bond acceptors (Lipinski definition) is 4. The van der Waals surface area contributed by atoms with Crippen LogP contribution in [0.25, 0.3) is 0 Å². The summed E-state index contributed by atoms with van der Waals surface area (Å²) in [5.74, 6) is 0.262. The lowest BCUT2D eigenvalue weighted by Crippen LogP contribution is -2.32. The first kappa shape index (κ1) is 20.9. The molecule has 0 saturated carbocycles. The molecule has 0 unspecified atom stereocenters. The molecule has 2 N–H and O–H groups in total. The summed E-state index contributed by atoms with van der Waals surface area (Å²) < 4.78 is 0. The zero-order valence-electron chi connectivity index (χ0n) is 14.8. The van der Waals surface area contributed by atoms with Crippen LogP contribution in [0.1, 0.15) is 51.4 Å². The number of carbonyl (C=O) groups excluding carboxylic acids is 2. The number of unbranched alkanes of at least 4 members (excludes halogenated alkanes) is 5. The van der Waals surface area contributed by atoms with Gasteiger partial charge >= 0.3 is 0 Å². The Morgan fingerprint density at radius 3 is 1.27 bits per heavy atom. The Morgan fingerprint density at radius 1 is 0.636 bits per heavy atom. The van der Waals surface area contributed by atoms with E-state index in [1.54, 1.807) is 0 Å². The Hall–Kier alpha value is -1.14. The van der Waals surface area contributed by atoms with E-state index in [9.17, 15) is 9.59 Å². The maximum absolute atomic E-state index is 11.5. The van der Waals surface area contributed by atoms with E-state index in [0.717, 1.165) is 38.5 Å². The molecule has 0 aromatic carbocycles. The molecule has 0 fully saturated rings. The molecule has 0 radical (unpaired) electrons. The molecule has 0 aromatic heterocycles. The molecule has 0 bridgehead atoms. The molecule has 0 heterocycles. The molecule has 0 aliphatic carbocycles. The van der Waals surface area contributed by atoms with Gasteiger partial charge in [-0.15, -0.1) is 0 Å². The van der Waals surface area contributed by atoms with E-state index in [1.807, 2.05) is 38.0 Å². The highest BCUT2D eigenvalue weighted by molar-refractivity contribution is 5.76. The second kappa shape index (κ2) is 13.5. The fourth-order valence-electron chi connectivity index (χ4n) is 1.95. The first-order valence-electron chi connectivity index (χ1n) is 8.24. The number of carbonyl (C=O) groups is 2. The van der Waals surface area contributed by atoms with Gasteiger partial charge in [-0.3, -0.25) is 19.4 Å². The average Bonchev–Trinajstić information content (AvgIpc) is 2.45. The van der Waals surface area contributed by atoms with Gasteiger partial charge in [0.15, 0.2) is 0 Å². The van der Waals surface area contributed by atoms with Crippen LogP contribution in [0.15, 0.2) is 0 Å². The highest BCUT2D eigenvalue weighted by atomic mass is 16.2. The lowest BCUT2D eigenvalue weighted by atomic mass is 10.1. The molecule has 6 nitrogen and oxygen atoms in total. The van der Waals surface area contributed by atoms with E-state index in [1.165, 1.54) is 0 Å². The van der Waals surface area contributed by atoms with Gasteiger partial charge in [-0.2, -0.15) is 0 Å². The van der Waals surface area contributed by atoms with Gasteiger partial charge in [-0.05, 0) is 41.0 Å². The molecule has 0 aliphatic heterocycles. The van der Waals surface area contributed by atoms with Crippen LogP contribution in [0, 0.1) is 0 Å². The van der Waals surface area contributed by atoms with Crippen molar-refractivity contribution in [3.63, 3.8) is 0 Å². The first-order chi connectivity index (χ1) is 10.4. The Bertz CT molecular complexity index is 277. The molecule has 0 aliphatic rings. The predicted molar refractivity (Wildman–Crippen MR) is 90.3 cm³/mol. The normalized spacial score (nSPS) is 11.0. The van der Waals surface area contributed by atoms with Gasteiger partial charge in [-0.25, -0.2) is 0 Å². The Balaban J connectivity index is 3.30. The molecular weight excluding hydrogens is 280 g/mol. The minimum absolute atomic E-state index is 0.131. The quantitative estimate of drug-likeness (QED) is 0.398. The minimum atomic E-state index is 0.131. The molecule has 2 amide bonds. The topological polar surface area (TPSA) is 64.7 Å². The molecule has 0 rings (SSSR count). The summed E-state index contributed by atoms with van der Waals surface area (Å²) in [6.07, 6.45) is 7.57. The Kier molecular flexibility index (Phi) is 12.8. The molecule has 130 valence electrons. The Morgan fingerprint density at radius 2 is 0.955 bits per heavy atom.